The molecular weight excluding hydrogens is 364 g/mol. The summed E-state index contributed by atoms with van der Waals surface area (Å²) < 4.78 is 5.51. The average molecular weight is 395 g/mol. The summed E-state index contributed by atoms with van der Waals surface area (Å²) in [5.74, 6) is 2.51. The molecule has 1 unspecified atom stereocenters. The van der Waals surface area contributed by atoms with Gasteiger partial charge in [0.25, 0.3) is 5.91 Å². The second-order valence-corrected chi connectivity index (χ2v) is 8.05. The van der Waals surface area contributed by atoms with Crippen molar-refractivity contribution in [1.82, 2.24) is 9.88 Å². The highest BCUT2D eigenvalue weighted by molar-refractivity contribution is 5.95. The molecular formula is C23H30N4O2. The lowest BCUT2D eigenvalue weighted by Crippen LogP contribution is -2.47. The molecule has 3 heterocycles. The van der Waals surface area contributed by atoms with Gasteiger partial charge >= 0.3 is 0 Å². The molecule has 2 aliphatic rings. The number of hydrogen-bond donors (Lipinski definition) is 0. The second-order valence-electron chi connectivity index (χ2n) is 8.05. The molecule has 0 saturated carbocycles. The number of hydrogen-bond acceptors (Lipinski definition) is 5. The Balaban J connectivity index is 1.42. The zero-order valence-electron chi connectivity index (χ0n) is 17.4. The normalized spacial score (nSPS) is 19.9. The molecule has 6 nitrogen and oxygen atoms in total. The monoisotopic (exact) mass is 394 g/mol. The van der Waals surface area contributed by atoms with Crippen LogP contribution in [0.3, 0.4) is 0 Å². The predicted molar refractivity (Wildman–Crippen MR) is 116 cm³/mol. The number of pyridine rings is 1. The summed E-state index contributed by atoms with van der Waals surface area (Å²) >= 11 is 0. The fourth-order valence-corrected chi connectivity index (χ4v) is 4.35. The molecule has 2 aliphatic heterocycles. The van der Waals surface area contributed by atoms with Gasteiger partial charge in [-0.25, -0.2) is 4.98 Å². The van der Waals surface area contributed by atoms with Gasteiger partial charge < -0.3 is 19.4 Å². The van der Waals surface area contributed by atoms with E-state index < -0.39 is 0 Å². The van der Waals surface area contributed by atoms with E-state index in [1.807, 2.05) is 35.2 Å². The maximum Gasteiger partial charge on any atom is 0.254 e. The zero-order valence-corrected chi connectivity index (χ0v) is 17.4. The van der Waals surface area contributed by atoms with E-state index in [9.17, 15) is 4.79 Å². The number of likely N-dealkylation sites (tertiary alicyclic amines) is 1. The maximum atomic E-state index is 12.9. The van der Waals surface area contributed by atoms with Crippen molar-refractivity contribution >= 4 is 17.4 Å². The number of nitrogens with zero attached hydrogens (tertiary/aromatic N) is 4. The maximum absolute atomic E-state index is 12.9. The Kier molecular flexibility index (Phi) is 5.88. The molecule has 154 valence electrons. The number of piperidine rings is 1. The molecule has 2 aromatic rings. The molecule has 0 N–H and O–H groups in total. The number of methoxy groups -OCH3 is 1. The summed E-state index contributed by atoms with van der Waals surface area (Å²) in [5.41, 5.74) is 1.88. The minimum absolute atomic E-state index is 0.132. The fraction of sp³-hybridized carbons (Fsp3) is 0.478. The average Bonchev–Trinajstić information content (AvgIpc) is 2.79. The summed E-state index contributed by atoms with van der Waals surface area (Å²) in [6.45, 7) is 7.45. The molecule has 0 radical (unpaired) electrons. The first-order valence-corrected chi connectivity index (χ1v) is 10.5. The van der Waals surface area contributed by atoms with E-state index in [1.54, 1.807) is 13.3 Å². The lowest BCUT2D eigenvalue weighted by atomic mass is 9.99. The van der Waals surface area contributed by atoms with Crippen molar-refractivity contribution < 1.29 is 9.53 Å². The van der Waals surface area contributed by atoms with Crippen LogP contribution < -0.4 is 14.5 Å². The van der Waals surface area contributed by atoms with Crippen LogP contribution in [-0.4, -0.2) is 62.2 Å². The predicted octanol–water partition coefficient (Wildman–Crippen LogP) is 3.29. The largest absolute Gasteiger partial charge is 0.495 e. The topological polar surface area (TPSA) is 48.9 Å². The molecule has 1 aromatic carbocycles. The first kappa shape index (κ1) is 19.6. The van der Waals surface area contributed by atoms with Crippen molar-refractivity contribution in [2.45, 2.75) is 19.8 Å². The van der Waals surface area contributed by atoms with Crippen molar-refractivity contribution in [3.63, 3.8) is 0 Å². The van der Waals surface area contributed by atoms with Gasteiger partial charge in [0.15, 0.2) is 0 Å². The minimum Gasteiger partial charge on any atom is -0.495 e. The summed E-state index contributed by atoms with van der Waals surface area (Å²) in [4.78, 5) is 24.1. The number of ether oxygens (including phenoxy) is 1. The van der Waals surface area contributed by atoms with Crippen molar-refractivity contribution in [1.29, 1.82) is 0 Å². The quantitative estimate of drug-likeness (QED) is 0.796. The Morgan fingerprint density at radius 1 is 1.07 bits per heavy atom. The zero-order chi connectivity index (χ0) is 20.2. The van der Waals surface area contributed by atoms with Gasteiger partial charge in [-0.05, 0) is 43.0 Å². The molecule has 6 heteroatoms. The van der Waals surface area contributed by atoms with E-state index in [-0.39, 0.29) is 5.91 Å². The molecule has 0 aliphatic carbocycles. The molecule has 0 bridgehead atoms. The van der Waals surface area contributed by atoms with E-state index in [2.05, 4.69) is 27.8 Å². The van der Waals surface area contributed by atoms with Crippen molar-refractivity contribution in [2.24, 2.45) is 5.92 Å². The number of para-hydroxylation sites is 2. The Bertz CT molecular complexity index is 848. The molecule has 2 saturated heterocycles. The highest BCUT2D eigenvalue weighted by Gasteiger charge is 2.24. The van der Waals surface area contributed by atoms with Gasteiger partial charge in [-0.15, -0.1) is 0 Å². The van der Waals surface area contributed by atoms with Gasteiger partial charge in [0, 0.05) is 51.0 Å². The molecule has 1 atom stereocenters. The van der Waals surface area contributed by atoms with Crippen LogP contribution in [0.15, 0.2) is 42.6 Å². The highest BCUT2D eigenvalue weighted by atomic mass is 16.5. The highest BCUT2D eigenvalue weighted by Crippen LogP contribution is 2.29. The van der Waals surface area contributed by atoms with Gasteiger partial charge in [0.05, 0.1) is 12.8 Å². The Morgan fingerprint density at radius 3 is 2.59 bits per heavy atom. The summed E-state index contributed by atoms with van der Waals surface area (Å²) in [6, 6.07) is 11.9. The van der Waals surface area contributed by atoms with Crippen LogP contribution in [-0.2, 0) is 0 Å². The number of benzene rings is 1. The van der Waals surface area contributed by atoms with Crippen molar-refractivity contribution in [3.8, 4) is 5.75 Å². The number of anilines is 2. The van der Waals surface area contributed by atoms with Crippen LogP contribution in [0.1, 0.15) is 30.1 Å². The van der Waals surface area contributed by atoms with Crippen LogP contribution >= 0.6 is 0 Å². The summed E-state index contributed by atoms with van der Waals surface area (Å²) in [6.07, 6.45) is 4.07. The standard InChI is InChI=1S/C23H30N4O2/c1-18-6-5-11-27(17-18)23(28)19-9-10-24-22(16-19)26-14-12-25(13-15-26)20-7-3-4-8-21(20)29-2/h3-4,7-10,16,18H,5-6,11-15,17H2,1-2H3. The molecule has 0 spiro atoms. The molecule has 1 aromatic heterocycles. The van der Waals surface area contributed by atoms with Crippen LogP contribution in [0.4, 0.5) is 11.5 Å². The van der Waals surface area contributed by atoms with Crippen molar-refractivity contribution in [2.75, 3.05) is 56.2 Å². The number of carbonyl (C=O) groups excluding carboxylic acids is 1. The first-order valence-electron chi connectivity index (χ1n) is 10.5. The van der Waals surface area contributed by atoms with E-state index in [0.29, 0.717) is 5.92 Å². The first-order chi connectivity index (χ1) is 14.2. The fourth-order valence-electron chi connectivity index (χ4n) is 4.35. The summed E-state index contributed by atoms with van der Waals surface area (Å²) in [7, 11) is 1.71. The van der Waals surface area contributed by atoms with E-state index in [0.717, 1.165) is 68.5 Å². The van der Waals surface area contributed by atoms with Crippen LogP contribution in [0.5, 0.6) is 5.75 Å². The van der Waals surface area contributed by atoms with E-state index in [1.165, 1.54) is 6.42 Å². The molecule has 1 amide bonds. The third-order valence-corrected chi connectivity index (χ3v) is 5.97. The van der Waals surface area contributed by atoms with Gasteiger partial charge in [-0.2, -0.15) is 0 Å². The van der Waals surface area contributed by atoms with Crippen molar-refractivity contribution in [3.05, 3.63) is 48.2 Å². The number of piperazine rings is 1. The van der Waals surface area contributed by atoms with Gasteiger partial charge in [-0.3, -0.25) is 4.79 Å². The lowest BCUT2D eigenvalue weighted by molar-refractivity contribution is 0.0683. The number of aromatic nitrogens is 1. The number of carbonyl (C=O) groups is 1. The Labute approximate surface area is 173 Å². The van der Waals surface area contributed by atoms with E-state index in [4.69, 9.17) is 4.74 Å². The van der Waals surface area contributed by atoms with Crippen LogP contribution in [0.2, 0.25) is 0 Å². The van der Waals surface area contributed by atoms with Gasteiger partial charge in [0.1, 0.15) is 11.6 Å². The summed E-state index contributed by atoms with van der Waals surface area (Å²) in [5, 5.41) is 0. The molecule has 4 rings (SSSR count). The lowest BCUT2D eigenvalue weighted by Gasteiger charge is -2.37. The SMILES string of the molecule is COc1ccccc1N1CCN(c2cc(C(=O)N3CCCC(C)C3)ccn2)CC1. The molecule has 29 heavy (non-hydrogen) atoms. The minimum atomic E-state index is 0.132. The molecule has 2 fully saturated rings. The third kappa shape index (κ3) is 4.31. The number of rotatable bonds is 4. The second kappa shape index (κ2) is 8.72. The Hall–Kier alpha value is -2.76. The number of amides is 1. The van der Waals surface area contributed by atoms with Gasteiger partial charge in [-0.1, -0.05) is 19.1 Å². The van der Waals surface area contributed by atoms with E-state index >= 15 is 0 Å². The third-order valence-electron chi connectivity index (χ3n) is 5.97. The Morgan fingerprint density at radius 2 is 1.83 bits per heavy atom. The smallest absolute Gasteiger partial charge is 0.254 e. The van der Waals surface area contributed by atoms with Gasteiger partial charge in [0.2, 0.25) is 0 Å². The van der Waals surface area contributed by atoms with Crippen LogP contribution in [0, 0.1) is 5.92 Å². The van der Waals surface area contributed by atoms with Crippen LogP contribution in [0.25, 0.3) is 0 Å².